The Labute approximate surface area is 165 Å². The number of hydrogen-bond donors (Lipinski definition) is 1. The molecular weight excluding hydrogens is 380 g/mol. The van der Waals surface area contributed by atoms with Gasteiger partial charge in [-0.2, -0.15) is 5.26 Å². The first-order valence-electron chi connectivity index (χ1n) is 8.79. The third-order valence-corrected chi connectivity index (χ3v) is 5.48. The molecule has 0 atom stereocenters. The number of aryl methyl sites for hydroxylation is 1. The zero-order chi connectivity index (χ0) is 19.9. The molecule has 0 unspecified atom stereocenters. The highest BCUT2D eigenvalue weighted by Crippen LogP contribution is 2.37. The van der Waals surface area contributed by atoms with Crippen LogP contribution in [0.2, 0.25) is 0 Å². The summed E-state index contributed by atoms with van der Waals surface area (Å²) in [5, 5.41) is 12.6. The van der Waals surface area contributed by atoms with E-state index >= 15 is 0 Å². The second kappa shape index (κ2) is 9.15. The Morgan fingerprint density at radius 1 is 1.18 bits per heavy atom. The molecule has 0 saturated heterocycles. The molecule has 0 aliphatic heterocycles. The minimum atomic E-state index is -0.694. The van der Waals surface area contributed by atoms with E-state index in [2.05, 4.69) is 11.4 Å². The predicted molar refractivity (Wildman–Crippen MR) is 103 cm³/mol. The van der Waals surface area contributed by atoms with Crippen LogP contribution in [0.1, 0.15) is 39.2 Å². The largest absolute Gasteiger partial charge is 0.482 e. The fraction of sp³-hybridized carbons (Fsp3) is 0.300. The molecule has 2 aromatic rings. The molecule has 1 aromatic carbocycles. The number of carbonyl (C=O) groups is 3. The summed E-state index contributed by atoms with van der Waals surface area (Å²) in [7, 11) is 0. The van der Waals surface area contributed by atoms with Crippen LogP contribution in [-0.2, 0) is 27.2 Å². The minimum Gasteiger partial charge on any atom is -0.482 e. The fourth-order valence-electron chi connectivity index (χ4n) is 2.91. The summed E-state index contributed by atoms with van der Waals surface area (Å²) < 4.78 is 10.2. The van der Waals surface area contributed by atoms with Crippen molar-refractivity contribution in [3.05, 3.63) is 45.8 Å². The van der Waals surface area contributed by atoms with Crippen molar-refractivity contribution in [2.45, 2.75) is 25.7 Å². The van der Waals surface area contributed by atoms with E-state index in [1.807, 2.05) is 0 Å². The lowest BCUT2D eigenvalue weighted by Crippen LogP contribution is -2.23. The van der Waals surface area contributed by atoms with Crippen molar-refractivity contribution in [3.63, 3.8) is 0 Å². The molecule has 1 amide bonds. The Hall–Kier alpha value is -3.18. The Morgan fingerprint density at radius 2 is 1.93 bits per heavy atom. The number of ether oxygens (including phenoxy) is 2. The molecule has 0 bridgehead atoms. The predicted octanol–water partition coefficient (Wildman–Crippen LogP) is 2.87. The molecular formula is C20H18N2O5S. The minimum absolute atomic E-state index is 0.357. The summed E-state index contributed by atoms with van der Waals surface area (Å²) in [6.07, 6.45) is 4.61. The van der Waals surface area contributed by atoms with Crippen molar-refractivity contribution >= 4 is 34.5 Å². The van der Waals surface area contributed by atoms with Crippen LogP contribution in [0.4, 0.5) is 5.00 Å². The first-order valence-corrected chi connectivity index (χ1v) is 9.60. The van der Waals surface area contributed by atoms with Gasteiger partial charge < -0.3 is 14.8 Å². The van der Waals surface area contributed by atoms with Crippen LogP contribution in [0.25, 0.3) is 0 Å². The average Bonchev–Trinajstić information content (AvgIpc) is 3.07. The number of nitrogens with zero attached hydrogens (tertiary/aromatic N) is 1. The van der Waals surface area contributed by atoms with Gasteiger partial charge in [0.05, 0.1) is 5.56 Å². The molecule has 0 spiro atoms. The molecule has 28 heavy (non-hydrogen) atoms. The number of anilines is 1. The van der Waals surface area contributed by atoms with E-state index in [4.69, 9.17) is 9.47 Å². The number of hydrogen-bond acceptors (Lipinski definition) is 7. The summed E-state index contributed by atoms with van der Waals surface area (Å²) in [5.74, 6) is -0.783. The Kier molecular flexibility index (Phi) is 6.40. The molecule has 8 heteroatoms. The molecule has 144 valence electrons. The number of nitriles is 1. The third kappa shape index (κ3) is 4.75. The molecule has 0 saturated carbocycles. The van der Waals surface area contributed by atoms with Crippen molar-refractivity contribution in [1.82, 2.24) is 0 Å². The third-order valence-electron chi connectivity index (χ3n) is 4.27. The average molecular weight is 398 g/mol. The van der Waals surface area contributed by atoms with Crippen LogP contribution in [0.3, 0.4) is 0 Å². The van der Waals surface area contributed by atoms with Gasteiger partial charge in [0.2, 0.25) is 0 Å². The molecule has 1 heterocycles. The van der Waals surface area contributed by atoms with Gasteiger partial charge in [0.25, 0.3) is 5.91 Å². The van der Waals surface area contributed by atoms with Crippen LogP contribution in [0.5, 0.6) is 5.75 Å². The first kappa shape index (κ1) is 19.6. The zero-order valence-corrected chi connectivity index (χ0v) is 15.8. The van der Waals surface area contributed by atoms with Gasteiger partial charge in [0.15, 0.2) is 13.2 Å². The number of esters is 1. The number of rotatable bonds is 7. The zero-order valence-electron chi connectivity index (χ0n) is 15.0. The summed E-state index contributed by atoms with van der Waals surface area (Å²) in [5.41, 5.74) is 2.04. The maximum atomic E-state index is 12.1. The number of aldehydes is 1. The summed E-state index contributed by atoms with van der Waals surface area (Å²) in [6, 6.07) is 8.42. The van der Waals surface area contributed by atoms with Crippen molar-refractivity contribution in [2.75, 3.05) is 18.5 Å². The van der Waals surface area contributed by atoms with E-state index in [0.717, 1.165) is 36.1 Å². The molecule has 3 rings (SSSR count). The topological polar surface area (TPSA) is 105 Å². The van der Waals surface area contributed by atoms with Crippen LogP contribution in [0.15, 0.2) is 24.3 Å². The van der Waals surface area contributed by atoms with Crippen LogP contribution in [0, 0.1) is 11.3 Å². The number of benzene rings is 1. The number of thiophene rings is 1. The normalized spacial score (nSPS) is 12.4. The Bertz CT molecular complexity index is 927. The molecule has 1 aliphatic rings. The first-order chi connectivity index (χ1) is 13.6. The van der Waals surface area contributed by atoms with Gasteiger partial charge in [-0.25, -0.2) is 4.79 Å². The maximum Gasteiger partial charge on any atom is 0.344 e. The van der Waals surface area contributed by atoms with Gasteiger partial charge in [-0.15, -0.1) is 11.3 Å². The number of fused-ring (bicyclic) bond motifs is 1. The van der Waals surface area contributed by atoms with Crippen molar-refractivity contribution in [3.8, 4) is 11.8 Å². The van der Waals surface area contributed by atoms with Gasteiger partial charge >= 0.3 is 5.97 Å². The standard InChI is InChI=1S/C20H18N2O5S/c21-9-16-15-3-1-2-4-17(15)28-20(16)22-18(24)11-27-19(25)12-26-14-7-5-13(10-23)6-8-14/h5-8,10H,1-4,11-12H2,(H,22,24). The highest BCUT2D eigenvalue weighted by atomic mass is 32.1. The lowest BCUT2D eigenvalue weighted by Gasteiger charge is -2.09. The van der Waals surface area contributed by atoms with E-state index in [1.165, 1.54) is 11.3 Å². The molecule has 0 radical (unpaired) electrons. The quantitative estimate of drug-likeness (QED) is 0.568. The Balaban J connectivity index is 1.47. The van der Waals surface area contributed by atoms with Crippen molar-refractivity contribution in [2.24, 2.45) is 0 Å². The number of amides is 1. The second-order valence-electron chi connectivity index (χ2n) is 6.21. The summed E-state index contributed by atoms with van der Waals surface area (Å²) in [6.45, 7) is -0.815. The van der Waals surface area contributed by atoms with Crippen molar-refractivity contribution in [1.29, 1.82) is 5.26 Å². The Morgan fingerprint density at radius 3 is 2.64 bits per heavy atom. The van der Waals surface area contributed by atoms with Gasteiger partial charge in [0, 0.05) is 10.4 Å². The van der Waals surface area contributed by atoms with Crippen LogP contribution in [-0.4, -0.2) is 31.4 Å². The SMILES string of the molecule is N#Cc1c(NC(=O)COC(=O)COc2ccc(C=O)cc2)sc2c1CCCC2. The van der Waals surface area contributed by atoms with Gasteiger partial charge in [-0.05, 0) is 55.5 Å². The van der Waals surface area contributed by atoms with Crippen LogP contribution >= 0.6 is 11.3 Å². The monoisotopic (exact) mass is 398 g/mol. The van der Waals surface area contributed by atoms with E-state index in [9.17, 15) is 19.6 Å². The fourth-order valence-corrected chi connectivity index (χ4v) is 4.16. The van der Waals surface area contributed by atoms with E-state index in [1.54, 1.807) is 24.3 Å². The molecule has 1 aliphatic carbocycles. The highest BCUT2D eigenvalue weighted by molar-refractivity contribution is 7.16. The lowest BCUT2D eigenvalue weighted by molar-refractivity contribution is -0.149. The lowest BCUT2D eigenvalue weighted by atomic mass is 9.96. The van der Waals surface area contributed by atoms with Gasteiger partial charge in [0.1, 0.15) is 23.1 Å². The summed E-state index contributed by atoms with van der Waals surface area (Å²) >= 11 is 1.42. The van der Waals surface area contributed by atoms with E-state index in [0.29, 0.717) is 28.2 Å². The smallest absolute Gasteiger partial charge is 0.344 e. The number of carbonyl (C=O) groups excluding carboxylic acids is 3. The van der Waals surface area contributed by atoms with Gasteiger partial charge in [-0.1, -0.05) is 0 Å². The van der Waals surface area contributed by atoms with E-state index < -0.39 is 18.5 Å². The number of nitrogens with one attached hydrogen (secondary N) is 1. The summed E-state index contributed by atoms with van der Waals surface area (Å²) in [4.78, 5) is 35.6. The molecule has 1 aromatic heterocycles. The molecule has 7 nitrogen and oxygen atoms in total. The van der Waals surface area contributed by atoms with Crippen LogP contribution < -0.4 is 10.1 Å². The highest BCUT2D eigenvalue weighted by Gasteiger charge is 2.22. The van der Waals surface area contributed by atoms with E-state index in [-0.39, 0.29) is 6.61 Å². The van der Waals surface area contributed by atoms with Gasteiger partial charge in [-0.3, -0.25) is 9.59 Å². The van der Waals surface area contributed by atoms with Crippen molar-refractivity contribution < 1.29 is 23.9 Å². The molecule has 1 N–H and O–H groups in total. The maximum absolute atomic E-state index is 12.1. The molecule has 0 fully saturated rings. The second-order valence-corrected chi connectivity index (χ2v) is 7.32.